The van der Waals surface area contributed by atoms with Crippen molar-refractivity contribution in [2.45, 2.75) is 12.2 Å². The van der Waals surface area contributed by atoms with Crippen LogP contribution in [0.15, 0.2) is 13.6 Å². The molecule has 0 aliphatic carbocycles. The zero-order chi connectivity index (χ0) is 11.9. The summed E-state index contributed by atoms with van der Waals surface area (Å²) in [6.07, 6.45) is -1.69. The number of hydrogen-bond donors (Lipinski definition) is 2. The first kappa shape index (κ1) is 12.5. The first-order chi connectivity index (χ1) is 7.49. The molecular formula is C9H9Br2NO3S. The van der Waals surface area contributed by atoms with Crippen LogP contribution < -0.4 is 0 Å². The molecule has 16 heavy (non-hydrogen) atoms. The largest absolute Gasteiger partial charge is 0.388 e. The van der Waals surface area contributed by atoms with Gasteiger partial charge in [0.25, 0.3) is 5.91 Å². The number of amides is 1. The lowest BCUT2D eigenvalue weighted by Crippen LogP contribution is -2.29. The molecule has 7 heteroatoms. The fraction of sp³-hybridized carbons (Fsp3) is 0.444. The third kappa shape index (κ3) is 2.33. The van der Waals surface area contributed by atoms with E-state index >= 15 is 0 Å². The zero-order valence-corrected chi connectivity index (χ0v) is 12.0. The van der Waals surface area contributed by atoms with Crippen molar-refractivity contribution in [3.05, 3.63) is 19.2 Å². The van der Waals surface area contributed by atoms with Crippen molar-refractivity contribution in [2.24, 2.45) is 0 Å². The van der Waals surface area contributed by atoms with E-state index < -0.39 is 12.2 Å². The highest BCUT2D eigenvalue weighted by atomic mass is 79.9. The maximum Gasteiger partial charge on any atom is 0.256 e. The van der Waals surface area contributed by atoms with Crippen LogP contribution in [0.3, 0.4) is 0 Å². The number of β-amino-alcohol motifs (C(OH)–C–C–N with tert-alkyl or cyclic N) is 2. The van der Waals surface area contributed by atoms with Crippen molar-refractivity contribution in [1.29, 1.82) is 0 Å². The van der Waals surface area contributed by atoms with Crippen LogP contribution in [-0.4, -0.2) is 46.3 Å². The fourth-order valence-corrected chi connectivity index (χ4v) is 4.37. The van der Waals surface area contributed by atoms with Gasteiger partial charge in [-0.1, -0.05) is 0 Å². The molecule has 88 valence electrons. The van der Waals surface area contributed by atoms with E-state index in [9.17, 15) is 15.0 Å². The summed E-state index contributed by atoms with van der Waals surface area (Å²) < 4.78 is 1.61. The summed E-state index contributed by atoms with van der Waals surface area (Å²) in [6.45, 7) is 0.361. The van der Waals surface area contributed by atoms with E-state index in [0.29, 0.717) is 5.56 Å². The molecule has 1 aromatic rings. The van der Waals surface area contributed by atoms with E-state index in [1.165, 1.54) is 16.2 Å². The third-order valence-corrected chi connectivity index (χ3v) is 4.77. The Balaban J connectivity index is 2.17. The molecule has 1 amide bonds. The van der Waals surface area contributed by atoms with Crippen LogP contribution in [0.5, 0.6) is 0 Å². The van der Waals surface area contributed by atoms with E-state index in [2.05, 4.69) is 31.9 Å². The molecular weight excluding hydrogens is 362 g/mol. The highest BCUT2D eigenvalue weighted by molar-refractivity contribution is 9.12. The highest BCUT2D eigenvalue weighted by Crippen LogP contribution is 2.33. The molecule has 1 aliphatic heterocycles. The second-order valence-corrected chi connectivity index (χ2v) is 7.33. The van der Waals surface area contributed by atoms with E-state index in [1.807, 2.05) is 0 Å². The molecule has 2 unspecified atom stereocenters. The number of likely N-dealkylation sites (tertiary alicyclic amines) is 1. The number of halogens is 2. The average molecular weight is 371 g/mol. The molecule has 2 rings (SSSR count). The Morgan fingerprint density at radius 1 is 1.38 bits per heavy atom. The van der Waals surface area contributed by atoms with Crippen molar-refractivity contribution in [3.63, 3.8) is 0 Å². The van der Waals surface area contributed by atoms with Crippen molar-refractivity contribution in [1.82, 2.24) is 4.90 Å². The zero-order valence-electron chi connectivity index (χ0n) is 8.06. The van der Waals surface area contributed by atoms with E-state index in [0.717, 1.165) is 7.57 Å². The van der Waals surface area contributed by atoms with Crippen LogP contribution in [0, 0.1) is 0 Å². The predicted molar refractivity (Wildman–Crippen MR) is 67.6 cm³/mol. The van der Waals surface area contributed by atoms with Crippen LogP contribution in [0.2, 0.25) is 0 Å². The number of carbonyl (C=O) groups is 1. The SMILES string of the molecule is O=C(c1cc(Br)sc1Br)N1CC(O)C(O)C1. The Bertz CT molecular complexity index is 413. The summed E-state index contributed by atoms with van der Waals surface area (Å²) in [4.78, 5) is 13.5. The lowest BCUT2D eigenvalue weighted by molar-refractivity contribution is 0.0572. The van der Waals surface area contributed by atoms with Gasteiger partial charge in [-0.2, -0.15) is 0 Å². The molecule has 2 N–H and O–H groups in total. The first-order valence-corrected chi connectivity index (χ1v) is 6.99. The summed E-state index contributed by atoms with van der Waals surface area (Å²) in [5.74, 6) is -0.176. The Labute approximate surface area is 113 Å². The smallest absolute Gasteiger partial charge is 0.256 e. The van der Waals surface area contributed by atoms with Crippen LogP contribution in [0.25, 0.3) is 0 Å². The van der Waals surface area contributed by atoms with Crippen LogP contribution >= 0.6 is 43.2 Å². The Hall–Kier alpha value is 0.0500. The number of aliphatic hydroxyl groups excluding tert-OH is 2. The van der Waals surface area contributed by atoms with Gasteiger partial charge in [0.2, 0.25) is 0 Å². The van der Waals surface area contributed by atoms with E-state index in [1.54, 1.807) is 6.07 Å². The van der Waals surface area contributed by atoms with Gasteiger partial charge in [0.1, 0.15) is 0 Å². The number of rotatable bonds is 1. The Morgan fingerprint density at radius 2 is 1.94 bits per heavy atom. The molecule has 2 heterocycles. The summed E-state index contributed by atoms with van der Waals surface area (Å²) >= 11 is 8.03. The molecule has 1 aliphatic rings. The molecule has 1 aromatic heterocycles. The molecule has 0 bridgehead atoms. The minimum atomic E-state index is -0.843. The maximum atomic E-state index is 12.0. The number of hydrogen-bond acceptors (Lipinski definition) is 4. The normalized spacial score (nSPS) is 25.1. The molecule has 4 nitrogen and oxygen atoms in total. The minimum absolute atomic E-state index is 0.176. The van der Waals surface area contributed by atoms with Gasteiger partial charge in [-0.05, 0) is 37.9 Å². The quantitative estimate of drug-likeness (QED) is 0.786. The number of aliphatic hydroxyl groups is 2. The van der Waals surface area contributed by atoms with E-state index in [-0.39, 0.29) is 19.0 Å². The van der Waals surface area contributed by atoms with Crippen LogP contribution in [-0.2, 0) is 0 Å². The number of thiophene rings is 1. The summed E-state index contributed by atoms with van der Waals surface area (Å²) in [6, 6.07) is 1.73. The molecule has 1 fully saturated rings. The standard InChI is InChI=1S/C9H9Br2NO3S/c10-7-1-4(8(11)16-7)9(15)12-2-5(13)6(14)3-12/h1,5-6,13-14H,2-3H2. The van der Waals surface area contributed by atoms with Gasteiger partial charge in [-0.25, -0.2) is 0 Å². The molecule has 0 spiro atoms. The maximum absolute atomic E-state index is 12.0. The van der Waals surface area contributed by atoms with Gasteiger partial charge in [-0.15, -0.1) is 11.3 Å². The van der Waals surface area contributed by atoms with Crippen molar-refractivity contribution < 1.29 is 15.0 Å². The second-order valence-electron chi connectivity index (χ2n) is 3.58. The molecule has 0 radical (unpaired) electrons. The van der Waals surface area contributed by atoms with Crippen molar-refractivity contribution in [3.8, 4) is 0 Å². The van der Waals surface area contributed by atoms with Gasteiger partial charge < -0.3 is 15.1 Å². The summed E-state index contributed by atoms with van der Waals surface area (Å²) in [5, 5.41) is 18.8. The Morgan fingerprint density at radius 3 is 2.38 bits per heavy atom. The Kier molecular flexibility index (Phi) is 3.70. The average Bonchev–Trinajstić information content (AvgIpc) is 2.70. The van der Waals surface area contributed by atoms with Gasteiger partial charge in [0.15, 0.2) is 0 Å². The lowest BCUT2D eigenvalue weighted by atomic mass is 10.3. The molecule has 0 saturated carbocycles. The predicted octanol–water partition coefficient (Wildman–Crippen LogP) is 1.45. The van der Waals surface area contributed by atoms with Crippen LogP contribution in [0.1, 0.15) is 10.4 Å². The fourth-order valence-electron chi connectivity index (χ4n) is 1.59. The topological polar surface area (TPSA) is 60.8 Å². The van der Waals surface area contributed by atoms with Gasteiger partial charge >= 0.3 is 0 Å². The van der Waals surface area contributed by atoms with E-state index in [4.69, 9.17) is 0 Å². The van der Waals surface area contributed by atoms with Crippen LogP contribution in [0.4, 0.5) is 0 Å². The molecule has 1 saturated heterocycles. The highest BCUT2D eigenvalue weighted by Gasteiger charge is 2.33. The number of carbonyl (C=O) groups excluding carboxylic acids is 1. The van der Waals surface area contributed by atoms with Gasteiger partial charge in [-0.3, -0.25) is 4.79 Å². The monoisotopic (exact) mass is 369 g/mol. The van der Waals surface area contributed by atoms with Crippen molar-refractivity contribution >= 4 is 49.1 Å². The second kappa shape index (κ2) is 4.73. The molecule has 2 atom stereocenters. The first-order valence-electron chi connectivity index (χ1n) is 4.59. The van der Waals surface area contributed by atoms with Gasteiger partial charge in [0, 0.05) is 13.1 Å². The van der Waals surface area contributed by atoms with Crippen molar-refractivity contribution in [2.75, 3.05) is 13.1 Å². The lowest BCUT2D eigenvalue weighted by Gasteiger charge is -2.14. The summed E-state index contributed by atoms with van der Waals surface area (Å²) in [5.41, 5.74) is 0.554. The summed E-state index contributed by atoms with van der Waals surface area (Å²) in [7, 11) is 0. The van der Waals surface area contributed by atoms with Gasteiger partial charge in [0.05, 0.1) is 25.3 Å². The minimum Gasteiger partial charge on any atom is -0.388 e. The molecule has 0 aromatic carbocycles. The third-order valence-electron chi connectivity index (χ3n) is 2.43. The number of nitrogens with zero attached hydrogens (tertiary/aromatic N) is 1.